The number of hydrogen-bond acceptors (Lipinski definition) is 1. The Labute approximate surface area is 123 Å². The van der Waals surface area contributed by atoms with Crippen LogP contribution in [0.4, 0.5) is 0 Å². The molecule has 0 aliphatic heterocycles. The van der Waals surface area contributed by atoms with Gasteiger partial charge in [0.25, 0.3) is 0 Å². The van der Waals surface area contributed by atoms with Crippen LogP contribution in [0.15, 0.2) is 18.2 Å². The molecular formula is C15H19ClN2S. The van der Waals surface area contributed by atoms with E-state index >= 15 is 0 Å². The van der Waals surface area contributed by atoms with Crippen molar-refractivity contribution in [3.8, 4) is 0 Å². The van der Waals surface area contributed by atoms with Crippen molar-refractivity contribution in [2.24, 2.45) is 0 Å². The first-order chi connectivity index (χ1) is 9.27. The Morgan fingerprint density at radius 2 is 1.79 bits per heavy atom. The summed E-state index contributed by atoms with van der Waals surface area (Å²) in [6.07, 6.45) is 9.10. The molecule has 3 rings (SSSR count). The summed E-state index contributed by atoms with van der Waals surface area (Å²) in [5.41, 5.74) is 2.14. The molecule has 0 amide bonds. The van der Waals surface area contributed by atoms with Crippen LogP contribution in [0.5, 0.6) is 0 Å². The van der Waals surface area contributed by atoms with Crippen molar-refractivity contribution in [1.82, 2.24) is 9.55 Å². The molecule has 102 valence electrons. The molecule has 0 saturated heterocycles. The number of halogens is 1. The van der Waals surface area contributed by atoms with Gasteiger partial charge in [0.1, 0.15) is 0 Å². The molecule has 4 heteroatoms. The number of H-pyrrole nitrogens is 1. The number of hydrogen-bond donors (Lipinski definition) is 1. The minimum Gasteiger partial charge on any atom is -0.331 e. The van der Waals surface area contributed by atoms with E-state index in [9.17, 15) is 0 Å². The Morgan fingerprint density at radius 1 is 1.11 bits per heavy atom. The van der Waals surface area contributed by atoms with Crippen molar-refractivity contribution >= 4 is 34.9 Å². The van der Waals surface area contributed by atoms with Crippen LogP contribution in [0, 0.1) is 4.77 Å². The summed E-state index contributed by atoms with van der Waals surface area (Å²) in [5.74, 6) is 0. The van der Waals surface area contributed by atoms with E-state index in [0.717, 1.165) is 20.8 Å². The van der Waals surface area contributed by atoms with Crippen molar-refractivity contribution in [3.63, 3.8) is 0 Å². The second-order valence-corrected chi connectivity index (χ2v) is 6.23. The van der Waals surface area contributed by atoms with E-state index in [0.29, 0.717) is 6.04 Å². The van der Waals surface area contributed by atoms with Crippen LogP contribution in [0.3, 0.4) is 0 Å². The zero-order valence-corrected chi connectivity index (χ0v) is 12.6. The average Bonchev–Trinajstić information content (AvgIpc) is 2.67. The third-order valence-corrected chi connectivity index (χ3v) is 4.73. The van der Waals surface area contributed by atoms with Crippen LogP contribution >= 0.6 is 23.8 Å². The van der Waals surface area contributed by atoms with Crippen LogP contribution in [-0.4, -0.2) is 9.55 Å². The number of nitrogens with one attached hydrogen (secondary N) is 1. The molecule has 0 spiro atoms. The third-order valence-electron chi connectivity index (χ3n) is 4.13. The molecule has 1 saturated carbocycles. The lowest BCUT2D eigenvalue weighted by Gasteiger charge is -2.22. The highest BCUT2D eigenvalue weighted by molar-refractivity contribution is 7.71. The number of aromatic amines is 1. The van der Waals surface area contributed by atoms with Crippen LogP contribution in [0.25, 0.3) is 11.0 Å². The van der Waals surface area contributed by atoms with Gasteiger partial charge in [0.05, 0.1) is 16.1 Å². The Kier molecular flexibility index (Phi) is 3.94. The molecule has 1 aliphatic rings. The van der Waals surface area contributed by atoms with Gasteiger partial charge >= 0.3 is 0 Å². The van der Waals surface area contributed by atoms with Gasteiger partial charge in [0.2, 0.25) is 0 Å². The molecule has 0 bridgehead atoms. The normalized spacial score (nSPS) is 18.4. The van der Waals surface area contributed by atoms with E-state index in [1.807, 2.05) is 12.1 Å². The summed E-state index contributed by atoms with van der Waals surface area (Å²) in [6.45, 7) is 0. The van der Waals surface area contributed by atoms with Crippen molar-refractivity contribution in [3.05, 3.63) is 28.0 Å². The molecule has 2 aromatic rings. The number of aromatic nitrogens is 2. The van der Waals surface area contributed by atoms with Gasteiger partial charge in [-0.3, -0.25) is 0 Å². The van der Waals surface area contributed by atoms with Crippen molar-refractivity contribution in [1.29, 1.82) is 0 Å². The van der Waals surface area contributed by atoms with Gasteiger partial charge in [-0.1, -0.05) is 49.8 Å². The molecule has 1 aromatic carbocycles. The van der Waals surface area contributed by atoms with Gasteiger partial charge in [-0.2, -0.15) is 0 Å². The number of imidazole rings is 1. The Hall–Kier alpha value is -0.800. The minimum absolute atomic E-state index is 0.501. The predicted molar refractivity (Wildman–Crippen MR) is 83.5 cm³/mol. The molecular weight excluding hydrogens is 276 g/mol. The molecule has 2 nitrogen and oxygen atoms in total. The smallest absolute Gasteiger partial charge is 0.178 e. The van der Waals surface area contributed by atoms with Crippen LogP contribution in [0.1, 0.15) is 51.0 Å². The predicted octanol–water partition coefficient (Wildman–Crippen LogP) is 5.64. The molecule has 1 aliphatic carbocycles. The van der Waals surface area contributed by atoms with Gasteiger partial charge in [-0.15, -0.1) is 0 Å². The SMILES string of the molecule is S=c1[nH]c2cccc(Cl)c2n1C1CCCCCCC1. The van der Waals surface area contributed by atoms with E-state index < -0.39 is 0 Å². The molecule has 19 heavy (non-hydrogen) atoms. The fourth-order valence-corrected chi connectivity index (χ4v) is 3.80. The molecule has 1 aromatic heterocycles. The van der Waals surface area contributed by atoms with Crippen LogP contribution in [-0.2, 0) is 0 Å². The van der Waals surface area contributed by atoms with Crippen LogP contribution < -0.4 is 0 Å². The quantitative estimate of drug-likeness (QED) is 0.675. The number of para-hydroxylation sites is 1. The lowest BCUT2D eigenvalue weighted by molar-refractivity contribution is 0.376. The molecule has 1 fully saturated rings. The maximum atomic E-state index is 6.38. The first-order valence-corrected chi connectivity index (χ1v) is 7.95. The van der Waals surface area contributed by atoms with E-state index in [4.69, 9.17) is 23.8 Å². The lowest BCUT2D eigenvalue weighted by atomic mass is 9.96. The number of rotatable bonds is 1. The highest BCUT2D eigenvalue weighted by Gasteiger charge is 2.18. The molecule has 0 atom stereocenters. The fourth-order valence-electron chi connectivity index (χ4n) is 3.18. The summed E-state index contributed by atoms with van der Waals surface area (Å²) in [7, 11) is 0. The number of benzene rings is 1. The summed E-state index contributed by atoms with van der Waals surface area (Å²) in [6, 6.07) is 6.47. The highest BCUT2D eigenvalue weighted by Crippen LogP contribution is 2.32. The highest BCUT2D eigenvalue weighted by atomic mass is 35.5. The summed E-state index contributed by atoms with van der Waals surface area (Å²) in [5, 5.41) is 0.798. The number of nitrogens with zero attached hydrogens (tertiary/aromatic N) is 1. The molecule has 1 heterocycles. The van der Waals surface area contributed by atoms with E-state index in [2.05, 4.69) is 15.6 Å². The number of fused-ring (bicyclic) bond motifs is 1. The Morgan fingerprint density at radius 3 is 2.53 bits per heavy atom. The molecule has 0 radical (unpaired) electrons. The largest absolute Gasteiger partial charge is 0.331 e. The van der Waals surface area contributed by atoms with Gasteiger partial charge in [-0.05, 0) is 37.2 Å². The summed E-state index contributed by atoms with van der Waals surface area (Å²) in [4.78, 5) is 3.29. The van der Waals surface area contributed by atoms with Gasteiger partial charge < -0.3 is 9.55 Å². The Balaban J connectivity index is 2.07. The van der Waals surface area contributed by atoms with E-state index in [1.165, 1.54) is 44.9 Å². The van der Waals surface area contributed by atoms with E-state index in [1.54, 1.807) is 0 Å². The zero-order valence-electron chi connectivity index (χ0n) is 11.0. The van der Waals surface area contributed by atoms with Crippen molar-refractivity contribution < 1.29 is 0 Å². The minimum atomic E-state index is 0.501. The zero-order chi connectivity index (χ0) is 13.2. The summed E-state index contributed by atoms with van der Waals surface area (Å²) >= 11 is 11.9. The average molecular weight is 295 g/mol. The standard InChI is InChI=1S/C15H19ClN2S/c16-12-9-6-10-13-14(12)18(15(19)17-13)11-7-4-2-1-3-5-8-11/h6,9-11H,1-5,7-8H2,(H,17,19). The second-order valence-electron chi connectivity index (χ2n) is 5.44. The molecule has 0 unspecified atom stereocenters. The van der Waals surface area contributed by atoms with Gasteiger partial charge in [-0.25, -0.2) is 0 Å². The van der Waals surface area contributed by atoms with Gasteiger partial charge in [0, 0.05) is 6.04 Å². The topological polar surface area (TPSA) is 20.7 Å². The fraction of sp³-hybridized carbons (Fsp3) is 0.533. The maximum absolute atomic E-state index is 6.38. The van der Waals surface area contributed by atoms with Gasteiger partial charge in [0.15, 0.2) is 4.77 Å². The van der Waals surface area contributed by atoms with E-state index in [-0.39, 0.29) is 0 Å². The first-order valence-electron chi connectivity index (χ1n) is 7.16. The summed E-state index contributed by atoms with van der Waals surface area (Å²) < 4.78 is 3.08. The van der Waals surface area contributed by atoms with Crippen LogP contribution in [0.2, 0.25) is 5.02 Å². The lowest BCUT2D eigenvalue weighted by Crippen LogP contribution is -2.11. The first kappa shape index (κ1) is 13.2. The van der Waals surface area contributed by atoms with Crippen molar-refractivity contribution in [2.45, 2.75) is 51.0 Å². The Bertz CT molecular complexity index is 621. The monoisotopic (exact) mass is 294 g/mol. The maximum Gasteiger partial charge on any atom is 0.178 e. The molecule has 1 N–H and O–H groups in total. The second kappa shape index (κ2) is 5.68. The third kappa shape index (κ3) is 2.59. The van der Waals surface area contributed by atoms with Crippen molar-refractivity contribution in [2.75, 3.05) is 0 Å².